The van der Waals surface area contributed by atoms with Crippen molar-refractivity contribution in [3.8, 4) is 11.5 Å². The Hall–Kier alpha value is -2.97. The number of amides is 1. The Morgan fingerprint density at radius 2 is 1.90 bits per heavy atom. The normalized spacial score (nSPS) is 12.7. The number of halogens is 1. The molecular formula is C22H16BrN3O3S. The van der Waals surface area contributed by atoms with Gasteiger partial charge in [-0.2, -0.15) is 0 Å². The summed E-state index contributed by atoms with van der Waals surface area (Å²) < 4.78 is 13.0. The van der Waals surface area contributed by atoms with Gasteiger partial charge in [-0.25, -0.2) is 4.98 Å². The van der Waals surface area contributed by atoms with Gasteiger partial charge in [-0.1, -0.05) is 29.5 Å². The van der Waals surface area contributed by atoms with Crippen molar-refractivity contribution in [1.29, 1.82) is 0 Å². The van der Waals surface area contributed by atoms with E-state index in [-0.39, 0.29) is 5.91 Å². The highest BCUT2D eigenvalue weighted by Crippen LogP contribution is 2.39. The van der Waals surface area contributed by atoms with Crippen LogP contribution in [-0.4, -0.2) is 29.1 Å². The number of aromatic nitrogens is 2. The van der Waals surface area contributed by atoms with Gasteiger partial charge < -0.3 is 9.47 Å². The first-order valence-electron chi connectivity index (χ1n) is 9.34. The Balaban J connectivity index is 1.58. The molecule has 3 heterocycles. The van der Waals surface area contributed by atoms with Gasteiger partial charge in [-0.05, 0) is 39.7 Å². The third kappa shape index (κ3) is 3.64. The largest absolute Gasteiger partial charge is 0.486 e. The van der Waals surface area contributed by atoms with Crippen molar-refractivity contribution in [2.24, 2.45) is 0 Å². The first kappa shape index (κ1) is 19.0. The van der Waals surface area contributed by atoms with Crippen molar-refractivity contribution in [3.63, 3.8) is 0 Å². The Bertz CT molecular complexity index is 1190. The van der Waals surface area contributed by atoms with Gasteiger partial charge in [0.15, 0.2) is 16.6 Å². The number of carbonyl (C=O) groups excluding carboxylic acids is 1. The van der Waals surface area contributed by atoms with Crippen LogP contribution in [0.2, 0.25) is 0 Å². The predicted molar refractivity (Wildman–Crippen MR) is 120 cm³/mol. The van der Waals surface area contributed by atoms with E-state index in [1.54, 1.807) is 23.4 Å². The number of nitrogens with zero attached hydrogens (tertiary/aromatic N) is 3. The molecule has 0 aliphatic carbocycles. The van der Waals surface area contributed by atoms with Crippen LogP contribution in [0.25, 0.3) is 10.2 Å². The number of benzene rings is 2. The molecule has 0 saturated heterocycles. The van der Waals surface area contributed by atoms with Crippen LogP contribution in [0, 0.1) is 0 Å². The second kappa shape index (κ2) is 8.04. The van der Waals surface area contributed by atoms with Gasteiger partial charge in [0.2, 0.25) is 0 Å². The quantitative estimate of drug-likeness (QED) is 0.407. The van der Waals surface area contributed by atoms with Crippen molar-refractivity contribution in [2.75, 3.05) is 18.1 Å². The van der Waals surface area contributed by atoms with Gasteiger partial charge >= 0.3 is 0 Å². The van der Waals surface area contributed by atoms with Crippen molar-refractivity contribution in [2.45, 2.75) is 6.54 Å². The van der Waals surface area contributed by atoms with Crippen LogP contribution in [0.1, 0.15) is 15.9 Å². The molecule has 30 heavy (non-hydrogen) atoms. The molecule has 4 aromatic rings. The van der Waals surface area contributed by atoms with Gasteiger partial charge in [0.1, 0.15) is 13.2 Å². The van der Waals surface area contributed by atoms with Crippen LogP contribution in [0.3, 0.4) is 0 Å². The molecule has 5 rings (SSSR count). The molecule has 8 heteroatoms. The number of fused-ring (bicyclic) bond motifs is 2. The lowest BCUT2D eigenvalue weighted by atomic mass is 10.2. The highest BCUT2D eigenvalue weighted by Gasteiger charge is 2.24. The van der Waals surface area contributed by atoms with E-state index in [2.05, 4.69) is 20.9 Å². The molecule has 0 atom stereocenters. The molecular weight excluding hydrogens is 466 g/mol. The highest BCUT2D eigenvalue weighted by atomic mass is 79.9. The summed E-state index contributed by atoms with van der Waals surface area (Å²) in [4.78, 5) is 24.1. The van der Waals surface area contributed by atoms with Crippen molar-refractivity contribution in [1.82, 2.24) is 9.97 Å². The van der Waals surface area contributed by atoms with Crippen molar-refractivity contribution < 1.29 is 14.3 Å². The maximum Gasteiger partial charge on any atom is 0.261 e. The fourth-order valence-corrected chi connectivity index (χ4v) is 4.68. The molecule has 1 aliphatic heterocycles. The van der Waals surface area contributed by atoms with Crippen molar-refractivity contribution in [3.05, 3.63) is 76.5 Å². The van der Waals surface area contributed by atoms with Crippen LogP contribution in [0.4, 0.5) is 5.13 Å². The van der Waals surface area contributed by atoms with E-state index in [9.17, 15) is 4.79 Å². The maximum absolute atomic E-state index is 13.5. The Kier molecular flexibility index (Phi) is 5.10. The van der Waals surface area contributed by atoms with Gasteiger partial charge in [0.05, 0.1) is 22.3 Å². The molecule has 6 nitrogen and oxygen atoms in total. The van der Waals surface area contributed by atoms with Gasteiger partial charge in [-0.3, -0.25) is 14.7 Å². The molecule has 0 unspecified atom stereocenters. The summed E-state index contributed by atoms with van der Waals surface area (Å²) >= 11 is 4.94. The molecule has 0 radical (unpaired) electrons. The Morgan fingerprint density at radius 1 is 1.10 bits per heavy atom. The Morgan fingerprint density at radius 3 is 2.67 bits per heavy atom. The number of carbonyl (C=O) groups is 1. The van der Waals surface area contributed by atoms with E-state index < -0.39 is 0 Å². The minimum Gasteiger partial charge on any atom is -0.486 e. The molecule has 150 valence electrons. The topological polar surface area (TPSA) is 64.6 Å². The molecule has 1 amide bonds. The van der Waals surface area contributed by atoms with Crippen molar-refractivity contribution >= 4 is 48.5 Å². The molecule has 0 bridgehead atoms. The summed E-state index contributed by atoms with van der Waals surface area (Å²) in [5.41, 5.74) is 2.27. The van der Waals surface area contributed by atoms with E-state index in [4.69, 9.17) is 14.5 Å². The summed E-state index contributed by atoms with van der Waals surface area (Å²) in [6.07, 6.45) is 3.47. The van der Waals surface area contributed by atoms with Crippen LogP contribution < -0.4 is 14.4 Å². The average Bonchev–Trinajstić information content (AvgIpc) is 3.19. The predicted octanol–water partition coefficient (Wildman–Crippen LogP) is 5.07. The number of thiazole rings is 1. The zero-order valence-corrected chi connectivity index (χ0v) is 18.1. The highest BCUT2D eigenvalue weighted by molar-refractivity contribution is 9.10. The SMILES string of the molecule is O=C(c1ccccc1Br)N(Cc1cccnc1)c1nc2cc3c(cc2s1)OCCO3. The van der Waals surface area contributed by atoms with Crippen LogP contribution >= 0.6 is 27.3 Å². The third-order valence-electron chi connectivity index (χ3n) is 4.68. The van der Waals surface area contributed by atoms with Crippen LogP contribution in [0.15, 0.2) is 65.4 Å². The van der Waals surface area contributed by atoms with Crippen LogP contribution in [0.5, 0.6) is 11.5 Å². The number of hydrogen-bond acceptors (Lipinski definition) is 6. The lowest BCUT2D eigenvalue weighted by molar-refractivity contribution is 0.0984. The van der Waals surface area contributed by atoms with Gasteiger partial charge in [-0.15, -0.1) is 0 Å². The maximum atomic E-state index is 13.5. The summed E-state index contributed by atoms with van der Waals surface area (Å²) in [5.74, 6) is 1.25. The molecule has 0 spiro atoms. The smallest absolute Gasteiger partial charge is 0.261 e. The monoisotopic (exact) mass is 481 g/mol. The summed E-state index contributed by atoms with van der Waals surface area (Å²) in [6, 6.07) is 15.0. The standard InChI is InChI=1S/C22H16BrN3O3S/c23-16-6-2-1-5-15(16)21(27)26(13-14-4-3-7-24-12-14)22-25-17-10-18-19(11-20(17)30-22)29-9-8-28-18/h1-7,10-12H,8-9,13H2. The van der Waals surface area contributed by atoms with Gasteiger partial charge in [0, 0.05) is 29.0 Å². The zero-order chi connectivity index (χ0) is 20.5. The number of pyridine rings is 1. The summed E-state index contributed by atoms with van der Waals surface area (Å²) in [7, 11) is 0. The molecule has 1 aliphatic rings. The molecule has 2 aromatic carbocycles. The summed E-state index contributed by atoms with van der Waals surface area (Å²) in [6.45, 7) is 1.40. The lowest BCUT2D eigenvalue weighted by Gasteiger charge is -2.20. The van der Waals surface area contributed by atoms with Crippen LogP contribution in [-0.2, 0) is 6.54 Å². The fraction of sp³-hybridized carbons (Fsp3) is 0.136. The number of anilines is 1. The van der Waals surface area contributed by atoms with E-state index in [1.807, 2.05) is 42.5 Å². The Labute approximate surface area is 185 Å². The number of ether oxygens (including phenoxy) is 2. The first-order valence-corrected chi connectivity index (χ1v) is 11.0. The molecule has 2 aromatic heterocycles. The third-order valence-corrected chi connectivity index (χ3v) is 6.42. The van der Waals surface area contributed by atoms with E-state index in [0.717, 1.165) is 20.3 Å². The number of rotatable bonds is 4. The second-order valence-corrected chi connectivity index (χ2v) is 8.56. The lowest BCUT2D eigenvalue weighted by Crippen LogP contribution is -2.30. The minimum absolute atomic E-state index is 0.136. The van der Waals surface area contributed by atoms with Gasteiger partial charge in [0.25, 0.3) is 5.91 Å². The second-order valence-electron chi connectivity index (χ2n) is 6.69. The average molecular weight is 482 g/mol. The number of hydrogen-bond donors (Lipinski definition) is 0. The molecule has 0 fully saturated rings. The first-order chi connectivity index (χ1) is 14.7. The van der Waals surface area contributed by atoms with E-state index in [0.29, 0.717) is 42.0 Å². The zero-order valence-electron chi connectivity index (χ0n) is 15.7. The van der Waals surface area contributed by atoms with E-state index in [1.165, 1.54) is 11.3 Å². The summed E-state index contributed by atoms with van der Waals surface area (Å²) in [5, 5.41) is 0.608. The van der Waals surface area contributed by atoms with E-state index >= 15 is 0 Å². The molecule has 0 N–H and O–H groups in total. The molecule has 0 saturated carbocycles. The minimum atomic E-state index is -0.136. The fourth-order valence-electron chi connectivity index (χ4n) is 3.25.